The van der Waals surface area contributed by atoms with Crippen molar-refractivity contribution in [1.29, 1.82) is 0 Å². The lowest BCUT2D eigenvalue weighted by atomic mass is 10.1. The molecule has 2 unspecified atom stereocenters. The normalized spacial score (nSPS) is 15.4. The molecular weight excluding hydrogens is 250 g/mol. The Bertz CT molecular complexity index is 381. The standard InChI is InChI=1S/C12H15F4NO/c1-8(6-12(14,15)16)17-7-11(18)9-4-2-3-5-10(9)13/h2-5,8,11,17-18H,6-7H2,1H3. The van der Waals surface area contributed by atoms with Crippen LogP contribution in [0, 0.1) is 5.82 Å². The zero-order valence-corrected chi connectivity index (χ0v) is 9.84. The zero-order chi connectivity index (χ0) is 13.8. The summed E-state index contributed by atoms with van der Waals surface area (Å²) in [4.78, 5) is 0. The Labute approximate surface area is 103 Å². The molecule has 6 heteroatoms. The number of aliphatic hydroxyl groups is 1. The highest BCUT2D eigenvalue weighted by Crippen LogP contribution is 2.22. The summed E-state index contributed by atoms with van der Waals surface area (Å²) in [7, 11) is 0. The van der Waals surface area contributed by atoms with Crippen LogP contribution in [0.3, 0.4) is 0 Å². The Morgan fingerprint density at radius 3 is 2.44 bits per heavy atom. The van der Waals surface area contributed by atoms with Gasteiger partial charge in [0, 0.05) is 18.2 Å². The number of aliphatic hydroxyl groups excluding tert-OH is 1. The maximum atomic E-state index is 13.3. The van der Waals surface area contributed by atoms with Gasteiger partial charge in [-0.25, -0.2) is 4.39 Å². The van der Waals surface area contributed by atoms with E-state index < -0.39 is 30.6 Å². The highest BCUT2D eigenvalue weighted by Gasteiger charge is 2.30. The molecule has 1 aromatic rings. The minimum Gasteiger partial charge on any atom is -0.387 e. The highest BCUT2D eigenvalue weighted by molar-refractivity contribution is 5.19. The van der Waals surface area contributed by atoms with Gasteiger partial charge in [0.1, 0.15) is 5.82 Å². The number of rotatable bonds is 5. The number of benzene rings is 1. The minimum atomic E-state index is -4.25. The van der Waals surface area contributed by atoms with Crippen molar-refractivity contribution < 1.29 is 22.7 Å². The van der Waals surface area contributed by atoms with Crippen molar-refractivity contribution in [2.45, 2.75) is 31.7 Å². The number of hydrogen-bond donors (Lipinski definition) is 2. The quantitative estimate of drug-likeness (QED) is 0.802. The first-order valence-electron chi connectivity index (χ1n) is 5.52. The summed E-state index contributed by atoms with van der Waals surface area (Å²) in [5.74, 6) is -0.574. The molecule has 0 amide bonds. The molecule has 0 spiro atoms. The molecule has 0 saturated carbocycles. The molecule has 0 heterocycles. The third-order valence-corrected chi connectivity index (χ3v) is 2.46. The summed E-state index contributed by atoms with van der Waals surface area (Å²) in [5, 5.41) is 12.2. The molecule has 1 aromatic carbocycles. The van der Waals surface area contributed by atoms with Crippen LogP contribution < -0.4 is 5.32 Å². The second kappa shape index (κ2) is 6.15. The number of alkyl halides is 3. The third-order valence-electron chi connectivity index (χ3n) is 2.46. The first-order valence-corrected chi connectivity index (χ1v) is 5.52. The van der Waals surface area contributed by atoms with E-state index in [1.165, 1.54) is 25.1 Å². The Kier molecular flexibility index (Phi) is 5.10. The van der Waals surface area contributed by atoms with E-state index in [1.54, 1.807) is 6.07 Å². The first-order chi connectivity index (χ1) is 8.29. The lowest BCUT2D eigenvalue weighted by Gasteiger charge is -2.18. The first kappa shape index (κ1) is 14.9. The van der Waals surface area contributed by atoms with Crippen LogP contribution in [0.1, 0.15) is 25.0 Å². The number of nitrogens with one attached hydrogen (secondary N) is 1. The number of hydrogen-bond acceptors (Lipinski definition) is 2. The van der Waals surface area contributed by atoms with Crippen LogP contribution in [0.5, 0.6) is 0 Å². The van der Waals surface area contributed by atoms with Crippen molar-refractivity contribution in [1.82, 2.24) is 5.32 Å². The molecule has 102 valence electrons. The van der Waals surface area contributed by atoms with Gasteiger partial charge in [0.25, 0.3) is 0 Å². The summed E-state index contributed by atoms with van der Waals surface area (Å²) >= 11 is 0. The molecule has 2 atom stereocenters. The third kappa shape index (κ3) is 5.01. The molecule has 0 aliphatic heterocycles. The van der Waals surface area contributed by atoms with Crippen LogP contribution in [-0.2, 0) is 0 Å². The second-order valence-corrected chi connectivity index (χ2v) is 4.17. The maximum absolute atomic E-state index is 13.3. The topological polar surface area (TPSA) is 32.3 Å². The minimum absolute atomic E-state index is 0.0733. The van der Waals surface area contributed by atoms with E-state index in [4.69, 9.17) is 0 Å². The molecule has 0 radical (unpaired) electrons. The monoisotopic (exact) mass is 265 g/mol. The van der Waals surface area contributed by atoms with Crippen LogP contribution >= 0.6 is 0 Å². The highest BCUT2D eigenvalue weighted by atomic mass is 19.4. The van der Waals surface area contributed by atoms with Gasteiger partial charge < -0.3 is 10.4 Å². The molecule has 1 rings (SSSR count). The molecule has 2 nitrogen and oxygen atoms in total. The lowest BCUT2D eigenvalue weighted by Crippen LogP contribution is -2.34. The smallest absolute Gasteiger partial charge is 0.387 e. The van der Waals surface area contributed by atoms with E-state index in [-0.39, 0.29) is 12.1 Å². The summed E-state index contributed by atoms with van der Waals surface area (Å²) in [6.07, 6.45) is -6.41. The van der Waals surface area contributed by atoms with Crippen LogP contribution in [0.2, 0.25) is 0 Å². The molecule has 0 aliphatic carbocycles. The number of halogens is 4. The van der Waals surface area contributed by atoms with Crippen LogP contribution in [0.15, 0.2) is 24.3 Å². The molecule has 0 fully saturated rings. The predicted octanol–water partition coefficient (Wildman–Crippen LogP) is 2.79. The van der Waals surface area contributed by atoms with Crippen molar-refractivity contribution in [3.05, 3.63) is 35.6 Å². The average Bonchev–Trinajstić information content (AvgIpc) is 2.24. The predicted molar refractivity (Wildman–Crippen MR) is 59.5 cm³/mol. The van der Waals surface area contributed by atoms with E-state index in [1.807, 2.05) is 0 Å². The molecule has 2 N–H and O–H groups in total. The fourth-order valence-electron chi connectivity index (χ4n) is 1.59. The van der Waals surface area contributed by atoms with Gasteiger partial charge in [-0.15, -0.1) is 0 Å². The van der Waals surface area contributed by atoms with Crippen LogP contribution in [0.4, 0.5) is 17.6 Å². The van der Waals surface area contributed by atoms with Crippen molar-refractivity contribution in [3.8, 4) is 0 Å². The maximum Gasteiger partial charge on any atom is 0.390 e. The van der Waals surface area contributed by atoms with E-state index in [2.05, 4.69) is 5.32 Å². The van der Waals surface area contributed by atoms with E-state index in [0.717, 1.165) is 0 Å². The summed E-state index contributed by atoms with van der Waals surface area (Å²) in [6.45, 7) is 1.24. The van der Waals surface area contributed by atoms with Crippen LogP contribution in [-0.4, -0.2) is 23.9 Å². The fraction of sp³-hybridized carbons (Fsp3) is 0.500. The van der Waals surface area contributed by atoms with Crippen molar-refractivity contribution in [2.24, 2.45) is 0 Å². The molecule has 0 saturated heterocycles. The second-order valence-electron chi connectivity index (χ2n) is 4.17. The molecule has 0 bridgehead atoms. The van der Waals surface area contributed by atoms with Gasteiger partial charge in [-0.3, -0.25) is 0 Å². The lowest BCUT2D eigenvalue weighted by molar-refractivity contribution is -0.139. The molecular formula is C12H15F4NO. The van der Waals surface area contributed by atoms with Gasteiger partial charge in [-0.2, -0.15) is 13.2 Å². The van der Waals surface area contributed by atoms with Gasteiger partial charge in [0.15, 0.2) is 0 Å². The van der Waals surface area contributed by atoms with Gasteiger partial charge >= 0.3 is 6.18 Å². The Morgan fingerprint density at radius 1 is 1.28 bits per heavy atom. The summed E-state index contributed by atoms with van der Waals surface area (Å²) in [5.41, 5.74) is 0.0733. The Balaban J connectivity index is 2.47. The molecule has 0 aliphatic rings. The summed E-state index contributed by atoms with van der Waals surface area (Å²) in [6, 6.07) is 4.80. The fourth-order valence-corrected chi connectivity index (χ4v) is 1.59. The van der Waals surface area contributed by atoms with Gasteiger partial charge in [0.2, 0.25) is 0 Å². The van der Waals surface area contributed by atoms with Gasteiger partial charge in [-0.05, 0) is 13.0 Å². The largest absolute Gasteiger partial charge is 0.390 e. The Morgan fingerprint density at radius 2 is 1.89 bits per heavy atom. The van der Waals surface area contributed by atoms with Crippen LogP contribution in [0.25, 0.3) is 0 Å². The van der Waals surface area contributed by atoms with E-state index in [0.29, 0.717) is 0 Å². The van der Waals surface area contributed by atoms with Crippen molar-refractivity contribution >= 4 is 0 Å². The average molecular weight is 265 g/mol. The molecule has 0 aromatic heterocycles. The van der Waals surface area contributed by atoms with Crippen molar-refractivity contribution in [3.63, 3.8) is 0 Å². The summed E-state index contributed by atoms with van der Waals surface area (Å²) < 4.78 is 49.4. The van der Waals surface area contributed by atoms with Gasteiger partial charge in [-0.1, -0.05) is 18.2 Å². The zero-order valence-electron chi connectivity index (χ0n) is 9.84. The molecule has 18 heavy (non-hydrogen) atoms. The SMILES string of the molecule is CC(CC(F)(F)F)NCC(O)c1ccccc1F. The van der Waals surface area contributed by atoms with Gasteiger partial charge in [0.05, 0.1) is 12.5 Å². The Hall–Kier alpha value is -1.14. The van der Waals surface area contributed by atoms with E-state index >= 15 is 0 Å². The van der Waals surface area contributed by atoms with E-state index in [9.17, 15) is 22.7 Å². The van der Waals surface area contributed by atoms with Crippen molar-refractivity contribution in [2.75, 3.05) is 6.54 Å².